The molecule has 0 aliphatic carbocycles. The zero-order chi connectivity index (χ0) is 22.8. The number of fused-ring (bicyclic) bond motifs is 1. The van der Waals surface area contributed by atoms with Gasteiger partial charge in [-0.2, -0.15) is 5.10 Å². The molecule has 2 aromatic carbocycles. The van der Waals surface area contributed by atoms with Crippen LogP contribution in [0.3, 0.4) is 0 Å². The number of aryl methyl sites for hydroxylation is 1. The summed E-state index contributed by atoms with van der Waals surface area (Å²) < 4.78 is 1.85. The first-order valence-electron chi connectivity index (χ1n) is 10.8. The van der Waals surface area contributed by atoms with Crippen molar-refractivity contribution in [3.05, 3.63) is 77.6 Å². The molecule has 4 rings (SSSR count). The van der Waals surface area contributed by atoms with Gasteiger partial charge in [0.1, 0.15) is 0 Å². The Kier molecular flexibility index (Phi) is 6.06. The van der Waals surface area contributed by atoms with Crippen LogP contribution in [0.15, 0.2) is 60.9 Å². The van der Waals surface area contributed by atoms with Crippen LogP contribution in [0.2, 0.25) is 0 Å². The van der Waals surface area contributed by atoms with E-state index in [1.807, 2.05) is 60.4 Å². The van der Waals surface area contributed by atoms with Crippen LogP contribution in [0.1, 0.15) is 48.2 Å². The van der Waals surface area contributed by atoms with E-state index in [4.69, 9.17) is 0 Å². The SMILES string of the molecule is Cc1ccc(-c2cc(C(=O)N[C@@H](C)CO)cc3c2cnn3-c2ccc(C(C)C)cc2)nc1. The number of rotatable bonds is 6. The van der Waals surface area contributed by atoms with Gasteiger partial charge in [0.2, 0.25) is 0 Å². The van der Waals surface area contributed by atoms with E-state index in [0.717, 1.165) is 33.4 Å². The molecule has 32 heavy (non-hydrogen) atoms. The van der Waals surface area contributed by atoms with Crippen LogP contribution in [-0.4, -0.2) is 38.4 Å². The molecule has 0 spiro atoms. The van der Waals surface area contributed by atoms with Crippen LogP contribution >= 0.6 is 0 Å². The number of amides is 1. The second-order valence-electron chi connectivity index (χ2n) is 8.54. The fraction of sp³-hybridized carbons (Fsp3) is 0.269. The van der Waals surface area contributed by atoms with Crippen LogP contribution in [0.25, 0.3) is 27.8 Å². The predicted octanol–water partition coefficient (Wildman–Crippen LogP) is 4.63. The number of benzene rings is 2. The Morgan fingerprint density at radius 1 is 1.06 bits per heavy atom. The minimum atomic E-state index is -0.340. The maximum atomic E-state index is 12.9. The molecule has 0 bridgehead atoms. The van der Waals surface area contributed by atoms with Gasteiger partial charge in [0.05, 0.1) is 29.7 Å². The van der Waals surface area contributed by atoms with Crippen LogP contribution in [0.5, 0.6) is 0 Å². The molecule has 6 nitrogen and oxygen atoms in total. The zero-order valence-corrected chi connectivity index (χ0v) is 18.8. The number of nitrogens with one attached hydrogen (secondary N) is 1. The Bertz CT molecular complexity index is 1240. The number of hydrogen-bond acceptors (Lipinski definition) is 4. The second-order valence-corrected chi connectivity index (χ2v) is 8.54. The summed E-state index contributed by atoms with van der Waals surface area (Å²) in [4.78, 5) is 17.5. The second kappa shape index (κ2) is 8.93. The van der Waals surface area contributed by atoms with E-state index in [2.05, 4.69) is 41.4 Å². The lowest BCUT2D eigenvalue weighted by Crippen LogP contribution is -2.35. The van der Waals surface area contributed by atoms with E-state index in [1.165, 1.54) is 5.56 Å². The Labute approximate surface area is 187 Å². The molecule has 0 unspecified atom stereocenters. The van der Waals surface area contributed by atoms with Gasteiger partial charge >= 0.3 is 0 Å². The smallest absolute Gasteiger partial charge is 0.251 e. The third-order valence-corrected chi connectivity index (χ3v) is 5.59. The first kappa shape index (κ1) is 21.7. The van der Waals surface area contributed by atoms with Gasteiger partial charge in [-0.25, -0.2) is 4.68 Å². The molecule has 0 aliphatic heterocycles. The van der Waals surface area contributed by atoms with E-state index >= 15 is 0 Å². The molecular weight excluding hydrogens is 400 g/mol. The average molecular weight is 429 g/mol. The Morgan fingerprint density at radius 3 is 2.44 bits per heavy atom. The normalized spacial score (nSPS) is 12.3. The minimum Gasteiger partial charge on any atom is -0.394 e. The summed E-state index contributed by atoms with van der Waals surface area (Å²) in [6, 6.07) is 15.6. The number of aliphatic hydroxyl groups excluding tert-OH is 1. The molecule has 6 heteroatoms. The van der Waals surface area contributed by atoms with Crippen molar-refractivity contribution < 1.29 is 9.90 Å². The highest BCUT2D eigenvalue weighted by Gasteiger charge is 2.17. The lowest BCUT2D eigenvalue weighted by atomic mass is 10.0. The van der Waals surface area contributed by atoms with E-state index < -0.39 is 0 Å². The van der Waals surface area contributed by atoms with E-state index in [9.17, 15) is 9.90 Å². The van der Waals surface area contributed by atoms with E-state index in [-0.39, 0.29) is 18.6 Å². The first-order valence-corrected chi connectivity index (χ1v) is 10.8. The van der Waals surface area contributed by atoms with Gasteiger partial charge in [-0.1, -0.05) is 32.0 Å². The average Bonchev–Trinajstić information content (AvgIpc) is 3.23. The number of pyridine rings is 1. The molecular formula is C26H28N4O2. The van der Waals surface area contributed by atoms with Crippen LogP contribution in [0, 0.1) is 6.92 Å². The number of carbonyl (C=O) groups is 1. The summed E-state index contributed by atoms with van der Waals surface area (Å²) >= 11 is 0. The standard InChI is InChI=1S/C26H28N4O2/c1-16(2)19-6-8-21(9-7-19)30-25-12-20(26(32)29-18(4)15-31)11-22(23(25)14-28-30)24-10-5-17(3)13-27-24/h5-14,16,18,31H,15H2,1-4H3,(H,29,32)/t18-/m0/s1. The quantitative estimate of drug-likeness (QED) is 0.469. The summed E-state index contributed by atoms with van der Waals surface area (Å²) in [5.41, 5.74) is 6.19. The van der Waals surface area contributed by atoms with Gasteiger partial charge in [0.15, 0.2) is 0 Å². The molecule has 0 saturated carbocycles. The van der Waals surface area contributed by atoms with Gasteiger partial charge in [-0.15, -0.1) is 0 Å². The van der Waals surface area contributed by atoms with Crippen molar-refractivity contribution in [1.82, 2.24) is 20.1 Å². The topological polar surface area (TPSA) is 80.0 Å². The zero-order valence-electron chi connectivity index (χ0n) is 18.8. The van der Waals surface area contributed by atoms with Crippen molar-refractivity contribution in [3.8, 4) is 16.9 Å². The van der Waals surface area contributed by atoms with Crippen LogP contribution < -0.4 is 5.32 Å². The number of hydrogen-bond donors (Lipinski definition) is 2. The van der Waals surface area contributed by atoms with Gasteiger partial charge < -0.3 is 10.4 Å². The molecule has 2 N–H and O–H groups in total. The molecule has 1 amide bonds. The van der Waals surface area contributed by atoms with Crippen molar-refractivity contribution in [2.75, 3.05) is 6.61 Å². The van der Waals surface area contributed by atoms with Gasteiger partial charge in [0.25, 0.3) is 5.91 Å². The summed E-state index contributed by atoms with van der Waals surface area (Å²) in [6.45, 7) is 7.96. The number of nitrogens with zero attached hydrogens (tertiary/aromatic N) is 3. The monoisotopic (exact) mass is 428 g/mol. The molecule has 164 valence electrons. The highest BCUT2D eigenvalue weighted by atomic mass is 16.3. The predicted molar refractivity (Wildman–Crippen MR) is 127 cm³/mol. The highest BCUT2D eigenvalue weighted by molar-refractivity contribution is 6.03. The molecule has 0 radical (unpaired) electrons. The summed E-state index contributed by atoms with van der Waals surface area (Å²) in [5.74, 6) is 0.200. The minimum absolute atomic E-state index is 0.125. The molecule has 0 saturated heterocycles. The van der Waals surface area contributed by atoms with Crippen molar-refractivity contribution in [3.63, 3.8) is 0 Å². The summed E-state index contributed by atoms with van der Waals surface area (Å²) in [6.07, 6.45) is 3.64. The Hall–Kier alpha value is -3.51. The molecule has 4 aromatic rings. The Balaban J connectivity index is 1.88. The van der Waals surface area contributed by atoms with Crippen molar-refractivity contribution in [1.29, 1.82) is 0 Å². The fourth-order valence-corrected chi connectivity index (χ4v) is 3.66. The van der Waals surface area contributed by atoms with Gasteiger partial charge in [0, 0.05) is 28.8 Å². The molecule has 2 heterocycles. The van der Waals surface area contributed by atoms with Crippen molar-refractivity contribution in [2.24, 2.45) is 0 Å². The van der Waals surface area contributed by atoms with Crippen molar-refractivity contribution >= 4 is 16.8 Å². The third kappa shape index (κ3) is 4.27. The lowest BCUT2D eigenvalue weighted by Gasteiger charge is -2.13. The maximum absolute atomic E-state index is 12.9. The fourth-order valence-electron chi connectivity index (χ4n) is 3.66. The number of aromatic nitrogens is 3. The third-order valence-electron chi connectivity index (χ3n) is 5.59. The number of carbonyl (C=O) groups excluding carboxylic acids is 1. The summed E-state index contributed by atoms with van der Waals surface area (Å²) in [7, 11) is 0. The van der Waals surface area contributed by atoms with Crippen LogP contribution in [0.4, 0.5) is 0 Å². The molecule has 0 fully saturated rings. The lowest BCUT2D eigenvalue weighted by molar-refractivity contribution is 0.0922. The van der Waals surface area contributed by atoms with Gasteiger partial charge in [-0.3, -0.25) is 9.78 Å². The highest BCUT2D eigenvalue weighted by Crippen LogP contribution is 2.31. The maximum Gasteiger partial charge on any atom is 0.251 e. The number of aliphatic hydroxyl groups is 1. The van der Waals surface area contributed by atoms with E-state index in [1.54, 1.807) is 6.92 Å². The van der Waals surface area contributed by atoms with E-state index in [0.29, 0.717) is 11.5 Å². The van der Waals surface area contributed by atoms with Crippen LogP contribution in [-0.2, 0) is 0 Å². The molecule has 1 atom stereocenters. The first-order chi connectivity index (χ1) is 15.4. The molecule has 0 aliphatic rings. The molecule has 2 aromatic heterocycles. The largest absolute Gasteiger partial charge is 0.394 e. The Morgan fingerprint density at radius 2 is 1.81 bits per heavy atom. The summed E-state index contributed by atoms with van der Waals surface area (Å²) in [5, 5.41) is 17.7. The van der Waals surface area contributed by atoms with Gasteiger partial charge in [-0.05, 0) is 61.2 Å². The van der Waals surface area contributed by atoms with Crippen molar-refractivity contribution in [2.45, 2.75) is 39.7 Å².